The number of pyridine rings is 2. The summed E-state index contributed by atoms with van der Waals surface area (Å²) in [6.45, 7) is 2.44. The molecule has 0 bridgehead atoms. The largest absolute Gasteiger partial charge is 0.477 e. The Balaban J connectivity index is 1.62. The van der Waals surface area contributed by atoms with Crippen LogP contribution in [0.1, 0.15) is 68.3 Å². The number of sulfonamides is 1. The van der Waals surface area contributed by atoms with Crippen LogP contribution in [0.3, 0.4) is 0 Å². The van der Waals surface area contributed by atoms with E-state index in [2.05, 4.69) is 16.6 Å². The lowest BCUT2D eigenvalue weighted by atomic mass is 10.0. The van der Waals surface area contributed by atoms with E-state index < -0.39 is 32.8 Å². The zero-order chi connectivity index (χ0) is 25.2. The van der Waals surface area contributed by atoms with Gasteiger partial charge in [0.1, 0.15) is 11.4 Å². The number of nitrogens with zero attached hydrogens (tertiary/aromatic N) is 2. The van der Waals surface area contributed by atoms with Crippen LogP contribution >= 0.6 is 0 Å². The quantitative estimate of drug-likeness (QED) is 0.374. The van der Waals surface area contributed by atoms with E-state index in [-0.39, 0.29) is 22.0 Å². The molecule has 186 valence electrons. The van der Waals surface area contributed by atoms with Crippen LogP contribution in [-0.4, -0.2) is 35.6 Å². The van der Waals surface area contributed by atoms with E-state index in [0.29, 0.717) is 17.6 Å². The molecule has 1 aromatic carbocycles. The molecule has 1 aliphatic rings. The summed E-state index contributed by atoms with van der Waals surface area (Å²) in [4.78, 5) is 28.2. The monoisotopic (exact) mass is 501 g/mol. The predicted octanol–water partition coefficient (Wildman–Crippen LogP) is 4.48. The molecule has 0 aliphatic heterocycles. The highest BCUT2D eigenvalue weighted by Gasteiger charge is 2.27. The number of hydrogen-bond donors (Lipinski definition) is 2. The van der Waals surface area contributed by atoms with E-state index in [1.54, 1.807) is 4.57 Å². The maximum atomic E-state index is 15.0. The molecule has 1 fully saturated rings. The molecule has 35 heavy (non-hydrogen) atoms. The Bertz CT molecular complexity index is 1410. The van der Waals surface area contributed by atoms with E-state index in [1.807, 2.05) is 0 Å². The number of carbonyl (C=O) groups is 1. The molecule has 10 heteroatoms. The number of nitrogens with one attached hydrogen (secondary N) is 1. The number of aromatic carboxylic acids is 1. The minimum atomic E-state index is -3.78. The SMILES string of the molecule is CCCCCCCNS(=O)(=O)c1ccc(-c2cc3c(cc2F)c(=O)c(C(=O)O)cn3C2CC2)cn1. The number of halogens is 1. The summed E-state index contributed by atoms with van der Waals surface area (Å²) < 4.78 is 44.3. The van der Waals surface area contributed by atoms with Crippen molar-refractivity contribution in [3.8, 4) is 11.1 Å². The van der Waals surface area contributed by atoms with Gasteiger partial charge in [0.15, 0.2) is 5.03 Å². The van der Waals surface area contributed by atoms with Crippen LogP contribution in [-0.2, 0) is 10.0 Å². The molecule has 2 heterocycles. The second-order valence-corrected chi connectivity index (χ2v) is 10.6. The van der Waals surface area contributed by atoms with Gasteiger partial charge >= 0.3 is 5.97 Å². The summed E-state index contributed by atoms with van der Waals surface area (Å²) in [5.41, 5.74) is -0.212. The minimum Gasteiger partial charge on any atom is -0.477 e. The van der Waals surface area contributed by atoms with Gasteiger partial charge in [-0.1, -0.05) is 32.6 Å². The predicted molar refractivity (Wildman–Crippen MR) is 131 cm³/mol. The molecule has 1 aliphatic carbocycles. The van der Waals surface area contributed by atoms with Crippen molar-refractivity contribution < 1.29 is 22.7 Å². The van der Waals surface area contributed by atoms with Gasteiger partial charge in [-0.05, 0) is 43.5 Å². The Labute approximate surface area is 202 Å². The number of rotatable bonds is 11. The van der Waals surface area contributed by atoms with E-state index in [0.717, 1.165) is 51.0 Å². The number of aromatic nitrogens is 2. The Morgan fingerprint density at radius 1 is 1.20 bits per heavy atom. The van der Waals surface area contributed by atoms with Crippen molar-refractivity contribution in [3.63, 3.8) is 0 Å². The average molecular weight is 502 g/mol. The van der Waals surface area contributed by atoms with Crippen molar-refractivity contribution in [2.45, 2.75) is 62.9 Å². The van der Waals surface area contributed by atoms with Gasteiger partial charge in [-0.25, -0.2) is 27.3 Å². The highest BCUT2D eigenvalue weighted by Crippen LogP contribution is 2.38. The molecular formula is C25H28FN3O5S. The summed E-state index contributed by atoms with van der Waals surface area (Å²) in [6.07, 6.45) is 9.26. The van der Waals surface area contributed by atoms with E-state index >= 15 is 4.39 Å². The lowest BCUT2D eigenvalue weighted by Crippen LogP contribution is -2.25. The van der Waals surface area contributed by atoms with Crippen LogP contribution in [0.5, 0.6) is 0 Å². The summed E-state index contributed by atoms with van der Waals surface area (Å²) >= 11 is 0. The maximum Gasteiger partial charge on any atom is 0.341 e. The topological polar surface area (TPSA) is 118 Å². The average Bonchev–Trinajstić information content (AvgIpc) is 3.67. The Hall–Kier alpha value is -3.11. The summed E-state index contributed by atoms with van der Waals surface area (Å²) in [5.74, 6) is -2.08. The van der Waals surface area contributed by atoms with Gasteiger partial charge in [-0.15, -0.1) is 0 Å². The maximum absolute atomic E-state index is 15.0. The van der Waals surface area contributed by atoms with E-state index in [9.17, 15) is 23.1 Å². The number of unbranched alkanes of at least 4 members (excludes halogenated alkanes) is 4. The van der Waals surface area contributed by atoms with Crippen molar-refractivity contribution in [3.05, 3.63) is 58.3 Å². The number of carboxylic acids is 1. The Morgan fingerprint density at radius 2 is 1.94 bits per heavy atom. The Morgan fingerprint density at radius 3 is 2.57 bits per heavy atom. The standard InChI is InChI=1S/C25H28FN3O5S/c1-2-3-4-5-6-11-28-35(33,34)23-10-7-16(14-27-23)18-13-22-19(12-21(18)26)24(30)20(25(31)32)15-29(22)17-8-9-17/h7,10,12-15,17,28H,2-6,8-9,11H2,1H3,(H,31,32). The second kappa shape index (κ2) is 10.2. The third-order valence-electron chi connectivity index (χ3n) is 6.19. The lowest BCUT2D eigenvalue weighted by molar-refractivity contribution is 0.0694. The highest BCUT2D eigenvalue weighted by atomic mass is 32.2. The molecular weight excluding hydrogens is 473 g/mol. The zero-order valence-electron chi connectivity index (χ0n) is 19.5. The fourth-order valence-electron chi connectivity index (χ4n) is 4.11. The van der Waals surface area contributed by atoms with Crippen LogP contribution in [0.4, 0.5) is 4.39 Å². The van der Waals surface area contributed by atoms with E-state index in [4.69, 9.17) is 0 Å². The molecule has 8 nitrogen and oxygen atoms in total. The highest BCUT2D eigenvalue weighted by molar-refractivity contribution is 7.89. The van der Waals surface area contributed by atoms with Crippen molar-refractivity contribution in [1.29, 1.82) is 0 Å². The van der Waals surface area contributed by atoms with Crippen LogP contribution < -0.4 is 10.2 Å². The summed E-state index contributed by atoms with van der Waals surface area (Å²) in [6, 6.07) is 5.38. The molecule has 0 saturated heterocycles. The number of fused-ring (bicyclic) bond motifs is 1. The van der Waals surface area contributed by atoms with Crippen molar-refractivity contribution in [2.24, 2.45) is 0 Å². The van der Waals surface area contributed by atoms with Crippen molar-refractivity contribution >= 4 is 26.9 Å². The molecule has 0 atom stereocenters. The molecule has 1 saturated carbocycles. The lowest BCUT2D eigenvalue weighted by Gasteiger charge is -2.14. The molecule has 2 N–H and O–H groups in total. The first kappa shape index (κ1) is 25.0. The molecule has 0 unspecified atom stereocenters. The van der Waals surface area contributed by atoms with Crippen LogP contribution in [0.15, 0.2) is 46.5 Å². The first-order valence-corrected chi connectivity index (χ1v) is 13.3. The van der Waals surface area contributed by atoms with Gasteiger partial charge in [0.25, 0.3) is 10.0 Å². The van der Waals surface area contributed by atoms with Crippen LogP contribution in [0.2, 0.25) is 0 Å². The first-order chi connectivity index (χ1) is 16.7. The Kier molecular flexibility index (Phi) is 7.32. The van der Waals surface area contributed by atoms with Crippen molar-refractivity contribution in [1.82, 2.24) is 14.3 Å². The van der Waals surface area contributed by atoms with Gasteiger partial charge in [-0.2, -0.15) is 0 Å². The van der Waals surface area contributed by atoms with Crippen LogP contribution in [0.25, 0.3) is 22.0 Å². The fraction of sp³-hybridized carbons (Fsp3) is 0.400. The molecule has 0 spiro atoms. The second-order valence-electron chi connectivity index (χ2n) is 8.86. The summed E-state index contributed by atoms with van der Waals surface area (Å²) in [5, 5.41) is 9.22. The van der Waals surface area contributed by atoms with Gasteiger partial charge in [-0.3, -0.25) is 4.79 Å². The van der Waals surface area contributed by atoms with E-state index in [1.165, 1.54) is 30.6 Å². The van der Waals surface area contributed by atoms with Gasteiger partial charge in [0, 0.05) is 41.5 Å². The third kappa shape index (κ3) is 5.43. The number of hydrogen-bond acceptors (Lipinski definition) is 5. The van der Waals surface area contributed by atoms with Crippen molar-refractivity contribution in [2.75, 3.05) is 6.54 Å². The smallest absolute Gasteiger partial charge is 0.341 e. The molecule has 0 radical (unpaired) electrons. The molecule has 4 rings (SSSR count). The zero-order valence-corrected chi connectivity index (χ0v) is 20.3. The number of carboxylic acid groups (broad SMARTS) is 1. The number of benzene rings is 1. The molecule has 3 aromatic rings. The van der Waals surface area contributed by atoms with Gasteiger partial charge in [0.2, 0.25) is 5.43 Å². The van der Waals surface area contributed by atoms with Crippen LogP contribution in [0, 0.1) is 5.82 Å². The fourth-order valence-corrected chi connectivity index (χ4v) is 5.11. The molecule has 2 aromatic heterocycles. The summed E-state index contributed by atoms with van der Waals surface area (Å²) in [7, 11) is -3.78. The molecule has 0 amide bonds. The first-order valence-electron chi connectivity index (χ1n) is 11.8. The normalized spacial score (nSPS) is 13.9. The third-order valence-corrected chi connectivity index (χ3v) is 7.56. The van der Waals surface area contributed by atoms with Gasteiger partial charge < -0.3 is 9.67 Å². The van der Waals surface area contributed by atoms with Gasteiger partial charge in [0.05, 0.1) is 5.52 Å². The minimum absolute atomic E-state index is 0.00616.